The summed E-state index contributed by atoms with van der Waals surface area (Å²) in [7, 11) is 1.44. The number of esters is 1. The number of hydrogen-bond acceptors (Lipinski definition) is 5. The molecule has 0 aromatic heterocycles. The standard InChI is InChI=1S/C19H24N2O5/c1-10-5-4-6-14(10)26-18(23)16-11(2)20-19(24)21-17(16)12-7-8-13(22)15(9-12)25-3/h7-10,14,17,22H,4-6H2,1-3H3,(H2,20,21,24)/t10-,14+,17+/m1/s1. The van der Waals surface area contributed by atoms with Crippen LogP contribution in [0.1, 0.15) is 44.7 Å². The Morgan fingerprint density at radius 3 is 2.73 bits per heavy atom. The fourth-order valence-corrected chi connectivity index (χ4v) is 3.58. The Morgan fingerprint density at radius 2 is 2.08 bits per heavy atom. The van der Waals surface area contributed by atoms with Crippen molar-refractivity contribution in [2.45, 2.75) is 45.3 Å². The molecule has 2 amide bonds. The van der Waals surface area contributed by atoms with E-state index in [4.69, 9.17) is 9.47 Å². The molecule has 26 heavy (non-hydrogen) atoms. The normalized spacial score (nSPS) is 25.5. The Bertz CT molecular complexity index is 758. The van der Waals surface area contributed by atoms with Crippen LogP contribution < -0.4 is 15.4 Å². The van der Waals surface area contributed by atoms with Gasteiger partial charge in [-0.3, -0.25) is 0 Å². The molecule has 1 heterocycles. The summed E-state index contributed by atoms with van der Waals surface area (Å²) in [6.45, 7) is 3.76. The van der Waals surface area contributed by atoms with Gasteiger partial charge in [0.1, 0.15) is 6.10 Å². The van der Waals surface area contributed by atoms with Crippen LogP contribution in [0, 0.1) is 5.92 Å². The third-order valence-electron chi connectivity index (χ3n) is 5.07. The summed E-state index contributed by atoms with van der Waals surface area (Å²) in [5, 5.41) is 15.2. The van der Waals surface area contributed by atoms with Crippen molar-refractivity contribution in [2.75, 3.05) is 7.11 Å². The Kier molecular flexibility index (Phi) is 5.06. The molecule has 3 N–H and O–H groups in total. The number of hydrogen-bond donors (Lipinski definition) is 3. The van der Waals surface area contributed by atoms with Gasteiger partial charge in [0.25, 0.3) is 0 Å². The number of allylic oxidation sites excluding steroid dienone is 1. The molecule has 7 heteroatoms. The summed E-state index contributed by atoms with van der Waals surface area (Å²) in [6, 6.07) is 3.64. The SMILES string of the molecule is COc1cc([C@@H]2NC(=O)NC(C)=C2C(=O)O[C@H]2CCC[C@H]2C)ccc1O. The van der Waals surface area contributed by atoms with E-state index in [1.807, 2.05) is 0 Å². The van der Waals surface area contributed by atoms with Gasteiger partial charge >= 0.3 is 12.0 Å². The summed E-state index contributed by atoms with van der Waals surface area (Å²) in [5.41, 5.74) is 1.44. The lowest BCUT2D eigenvalue weighted by atomic mass is 9.95. The van der Waals surface area contributed by atoms with E-state index in [2.05, 4.69) is 17.6 Å². The monoisotopic (exact) mass is 360 g/mol. The summed E-state index contributed by atoms with van der Waals surface area (Å²) < 4.78 is 10.9. The second-order valence-corrected chi connectivity index (χ2v) is 6.85. The summed E-state index contributed by atoms with van der Waals surface area (Å²) in [6.07, 6.45) is 2.85. The van der Waals surface area contributed by atoms with E-state index in [1.165, 1.54) is 13.2 Å². The number of ether oxygens (including phenoxy) is 2. The molecule has 2 aliphatic rings. The zero-order chi connectivity index (χ0) is 18.8. The largest absolute Gasteiger partial charge is 0.504 e. The first-order valence-corrected chi connectivity index (χ1v) is 8.77. The minimum absolute atomic E-state index is 0.0129. The molecule has 0 spiro atoms. The Hall–Kier alpha value is -2.70. The van der Waals surface area contributed by atoms with E-state index in [0.717, 1.165) is 19.3 Å². The van der Waals surface area contributed by atoms with Crippen LogP contribution in [-0.4, -0.2) is 30.3 Å². The second kappa shape index (κ2) is 7.27. The molecule has 1 aliphatic heterocycles. The van der Waals surface area contributed by atoms with Crippen molar-refractivity contribution in [2.24, 2.45) is 5.92 Å². The van der Waals surface area contributed by atoms with Crippen molar-refractivity contribution in [3.8, 4) is 11.5 Å². The molecule has 0 saturated heterocycles. The average Bonchev–Trinajstić information content (AvgIpc) is 2.99. The van der Waals surface area contributed by atoms with Crippen molar-refractivity contribution in [3.05, 3.63) is 35.0 Å². The number of benzene rings is 1. The number of urea groups is 1. The fraction of sp³-hybridized carbons (Fsp3) is 0.474. The smallest absolute Gasteiger partial charge is 0.338 e. The van der Waals surface area contributed by atoms with Gasteiger partial charge in [-0.1, -0.05) is 13.0 Å². The molecule has 7 nitrogen and oxygen atoms in total. The molecule has 0 unspecified atom stereocenters. The maximum Gasteiger partial charge on any atom is 0.338 e. The first-order valence-electron chi connectivity index (χ1n) is 8.77. The van der Waals surface area contributed by atoms with E-state index in [0.29, 0.717) is 22.8 Å². The third kappa shape index (κ3) is 3.47. The van der Waals surface area contributed by atoms with Crippen molar-refractivity contribution < 1.29 is 24.2 Å². The highest BCUT2D eigenvalue weighted by molar-refractivity contribution is 5.95. The van der Waals surface area contributed by atoms with Gasteiger partial charge in [0.15, 0.2) is 11.5 Å². The van der Waals surface area contributed by atoms with E-state index in [1.54, 1.807) is 19.1 Å². The number of nitrogens with one attached hydrogen (secondary N) is 2. The Balaban J connectivity index is 1.92. The molecule has 140 valence electrons. The van der Waals surface area contributed by atoms with E-state index >= 15 is 0 Å². The molecule has 1 aliphatic carbocycles. The minimum Gasteiger partial charge on any atom is -0.504 e. The average molecular weight is 360 g/mol. The molecule has 1 saturated carbocycles. The van der Waals surface area contributed by atoms with Gasteiger partial charge in [-0.2, -0.15) is 0 Å². The molecule has 1 fully saturated rings. The van der Waals surface area contributed by atoms with Crippen LogP contribution in [0.25, 0.3) is 0 Å². The van der Waals surface area contributed by atoms with Gasteiger partial charge in [-0.25, -0.2) is 9.59 Å². The summed E-state index contributed by atoms with van der Waals surface area (Å²) in [4.78, 5) is 24.8. The van der Waals surface area contributed by atoms with E-state index in [9.17, 15) is 14.7 Å². The van der Waals surface area contributed by atoms with Gasteiger partial charge in [0.2, 0.25) is 0 Å². The van der Waals surface area contributed by atoms with Crippen molar-refractivity contribution in [1.29, 1.82) is 0 Å². The van der Waals surface area contributed by atoms with E-state index < -0.39 is 18.0 Å². The Labute approximate surface area is 152 Å². The number of carbonyl (C=O) groups is 2. The lowest BCUT2D eigenvalue weighted by Gasteiger charge is -2.29. The minimum atomic E-state index is -0.678. The van der Waals surface area contributed by atoms with Gasteiger partial charge in [-0.05, 0) is 49.8 Å². The number of carbonyl (C=O) groups excluding carboxylic acids is 2. The first kappa shape index (κ1) is 18.1. The lowest BCUT2D eigenvalue weighted by Crippen LogP contribution is -2.45. The van der Waals surface area contributed by atoms with Gasteiger partial charge in [-0.15, -0.1) is 0 Å². The molecule has 1 aromatic rings. The molecule has 0 bridgehead atoms. The maximum atomic E-state index is 12.9. The molecular weight excluding hydrogens is 336 g/mol. The fourth-order valence-electron chi connectivity index (χ4n) is 3.58. The third-order valence-corrected chi connectivity index (χ3v) is 5.07. The lowest BCUT2D eigenvalue weighted by molar-refractivity contribution is -0.146. The molecule has 3 rings (SSSR count). The van der Waals surface area contributed by atoms with Crippen molar-refractivity contribution in [3.63, 3.8) is 0 Å². The first-order chi connectivity index (χ1) is 12.4. The van der Waals surface area contributed by atoms with Crippen LogP contribution in [0.15, 0.2) is 29.5 Å². The molecule has 0 radical (unpaired) electrons. The highest BCUT2D eigenvalue weighted by Gasteiger charge is 2.35. The number of amides is 2. The quantitative estimate of drug-likeness (QED) is 0.718. The summed E-state index contributed by atoms with van der Waals surface area (Å²) in [5.74, 6) is 0.148. The zero-order valence-corrected chi connectivity index (χ0v) is 15.2. The van der Waals surface area contributed by atoms with Crippen LogP contribution in [0.3, 0.4) is 0 Å². The predicted octanol–water partition coefficient (Wildman–Crippen LogP) is 2.76. The van der Waals surface area contributed by atoms with Crippen LogP contribution >= 0.6 is 0 Å². The van der Waals surface area contributed by atoms with Gasteiger partial charge in [0, 0.05) is 5.70 Å². The summed E-state index contributed by atoms with van der Waals surface area (Å²) >= 11 is 0. The van der Waals surface area contributed by atoms with Gasteiger partial charge in [0.05, 0.1) is 18.7 Å². The molecular formula is C19H24N2O5. The highest BCUT2D eigenvalue weighted by Crippen LogP contribution is 2.35. The topological polar surface area (TPSA) is 96.9 Å². The Morgan fingerprint density at radius 1 is 1.31 bits per heavy atom. The van der Waals surface area contributed by atoms with Crippen LogP contribution in [-0.2, 0) is 9.53 Å². The zero-order valence-electron chi connectivity index (χ0n) is 15.2. The van der Waals surface area contributed by atoms with Crippen LogP contribution in [0.5, 0.6) is 11.5 Å². The van der Waals surface area contributed by atoms with E-state index in [-0.39, 0.29) is 17.6 Å². The van der Waals surface area contributed by atoms with Crippen molar-refractivity contribution in [1.82, 2.24) is 10.6 Å². The molecule has 1 aromatic carbocycles. The molecule has 3 atom stereocenters. The number of aromatic hydroxyl groups is 1. The number of rotatable bonds is 4. The van der Waals surface area contributed by atoms with Crippen LogP contribution in [0.2, 0.25) is 0 Å². The highest BCUT2D eigenvalue weighted by atomic mass is 16.5. The second-order valence-electron chi connectivity index (χ2n) is 6.85. The predicted molar refractivity (Wildman–Crippen MR) is 94.7 cm³/mol. The maximum absolute atomic E-state index is 12.9. The number of phenols is 1. The number of methoxy groups -OCH3 is 1. The van der Waals surface area contributed by atoms with Crippen molar-refractivity contribution >= 4 is 12.0 Å². The van der Waals surface area contributed by atoms with Gasteiger partial charge < -0.3 is 25.2 Å². The van der Waals surface area contributed by atoms with Crippen LogP contribution in [0.4, 0.5) is 4.79 Å². The number of phenolic OH excluding ortho intramolecular Hbond substituents is 1.